The summed E-state index contributed by atoms with van der Waals surface area (Å²) in [4.78, 5) is 40.1. The Morgan fingerprint density at radius 2 is 1.57 bits per heavy atom. The predicted molar refractivity (Wildman–Crippen MR) is 144 cm³/mol. The summed E-state index contributed by atoms with van der Waals surface area (Å²) in [5, 5.41) is 21.8. The summed E-state index contributed by atoms with van der Waals surface area (Å²) >= 11 is 0. The monoisotopic (exact) mass is 565 g/mol. The van der Waals surface area contributed by atoms with Crippen molar-refractivity contribution in [1.82, 2.24) is 10.2 Å². The molecule has 218 valence electrons. The molecule has 0 fully saturated rings. The van der Waals surface area contributed by atoms with E-state index in [0.717, 1.165) is 12.1 Å². The number of benzene rings is 2. The highest BCUT2D eigenvalue weighted by Crippen LogP contribution is 2.29. The number of rotatable bonds is 15. The molecule has 0 saturated heterocycles. The largest absolute Gasteiger partial charge is 0.488 e. The molecule has 0 unspecified atom stereocenters. The summed E-state index contributed by atoms with van der Waals surface area (Å²) in [5.74, 6) is -1.53. The lowest BCUT2D eigenvalue weighted by molar-refractivity contribution is -0.137. The molecule has 10 nitrogen and oxygen atoms in total. The van der Waals surface area contributed by atoms with E-state index >= 15 is 0 Å². The number of ketones is 1. The number of Topliss-reactive ketones (excluding diaryl/α,β-unsaturated/α-hetero) is 1. The van der Waals surface area contributed by atoms with Crippen molar-refractivity contribution in [2.75, 3.05) is 26.2 Å². The Bertz CT molecular complexity index is 1130. The number of alkyl halides is 3. The van der Waals surface area contributed by atoms with Crippen LogP contribution in [0.15, 0.2) is 48.5 Å². The van der Waals surface area contributed by atoms with Crippen LogP contribution < -0.4 is 28.0 Å². The van der Waals surface area contributed by atoms with Gasteiger partial charge in [0.05, 0.1) is 17.6 Å². The van der Waals surface area contributed by atoms with Gasteiger partial charge < -0.3 is 37.5 Å². The number of hydrogen-bond donors (Lipinski definition) is 6. The van der Waals surface area contributed by atoms with E-state index in [9.17, 15) is 37.6 Å². The lowest BCUT2D eigenvalue weighted by atomic mass is 9.75. The molecule has 0 bridgehead atoms. The van der Waals surface area contributed by atoms with Crippen molar-refractivity contribution in [3.05, 3.63) is 65.2 Å². The molecule has 14 heteroatoms. The minimum Gasteiger partial charge on any atom is -0.423 e. The van der Waals surface area contributed by atoms with Gasteiger partial charge in [-0.05, 0) is 41.6 Å². The van der Waals surface area contributed by atoms with Crippen molar-refractivity contribution >= 4 is 30.2 Å². The normalized spacial score (nSPS) is 12.9. The second kappa shape index (κ2) is 15.5. The summed E-state index contributed by atoms with van der Waals surface area (Å²) in [6.07, 6.45) is -5.06. The van der Waals surface area contributed by atoms with Crippen molar-refractivity contribution < 1.29 is 37.6 Å². The maximum Gasteiger partial charge on any atom is 0.488 e. The predicted octanol–water partition coefficient (Wildman–Crippen LogP) is -0.922. The lowest BCUT2D eigenvalue weighted by Gasteiger charge is -2.23. The highest BCUT2D eigenvalue weighted by molar-refractivity contribution is 6.59. The zero-order valence-corrected chi connectivity index (χ0v) is 21.9. The number of amides is 2. The molecular weight excluding hydrogens is 530 g/mol. The fraction of sp³-hybridized carbons (Fsp3) is 0.423. The van der Waals surface area contributed by atoms with Gasteiger partial charge in [0.1, 0.15) is 0 Å². The van der Waals surface area contributed by atoms with Gasteiger partial charge in [-0.1, -0.05) is 36.4 Å². The standard InChI is InChI=1S/C26H35BF3N5O5/c28-26(29,30)19-7-5-17(6-8-19)15-22(23(36)16-18-3-1-2-4-20(18)27(39)40)34-25(38)21(33)9-10-24(37)35(13-11-31)14-12-32/h1-8,21-22,39-40H,9-16,31-33H2,(H,34,38)/t21-,22-/m0/s1. The van der Waals surface area contributed by atoms with Crippen LogP contribution in [0.3, 0.4) is 0 Å². The minimum absolute atomic E-state index is 0.0307. The van der Waals surface area contributed by atoms with Gasteiger partial charge in [0.2, 0.25) is 11.8 Å². The highest BCUT2D eigenvalue weighted by atomic mass is 19.4. The van der Waals surface area contributed by atoms with Crippen LogP contribution >= 0.6 is 0 Å². The molecule has 0 aliphatic carbocycles. The molecule has 0 heterocycles. The summed E-state index contributed by atoms with van der Waals surface area (Å²) in [7, 11) is -1.84. The van der Waals surface area contributed by atoms with Crippen molar-refractivity contribution in [3.8, 4) is 0 Å². The first-order chi connectivity index (χ1) is 18.9. The first-order valence-corrected chi connectivity index (χ1v) is 12.7. The van der Waals surface area contributed by atoms with Crippen LogP contribution in [0.1, 0.15) is 29.5 Å². The van der Waals surface area contributed by atoms with Gasteiger partial charge in [0, 0.05) is 39.0 Å². The molecular formula is C26H35BF3N5O5. The Balaban J connectivity index is 2.19. The molecule has 2 atom stereocenters. The third-order valence-electron chi connectivity index (χ3n) is 6.28. The van der Waals surface area contributed by atoms with Crippen molar-refractivity contribution in [3.63, 3.8) is 0 Å². The van der Waals surface area contributed by atoms with Crippen LogP contribution in [-0.4, -0.2) is 77.9 Å². The molecule has 0 saturated carbocycles. The number of nitrogens with zero attached hydrogens (tertiary/aromatic N) is 1. The van der Waals surface area contributed by atoms with Gasteiger partial charge >= 0.3 is 13.3 Å². The summed E-state index contributed by atoms with van der Waals surface area (Å²) in [6, 6.07) is 7.94. The third kappa shape index (κ3) is 10.0. The number of nitrogens with one attached hydrogen (secondary N) is 1. The van der Waals surface area contributed by atoms with Gasteiger partial charge in [-0.15, -0.1) is 0 Å². The van der Waals surface area contributed by atoms with Gasteiger partial charge in [0.15, 0.2) is 5.78 Å². The summed E-state index contributed by atoms with van der Waals surface area (Å²) < 4.78 is 38.9. The van der Waals surface area contributed by atoms with Gasteiger partial charge in [0.25, 0.3) is 0 Å². The van der Waals surface area contributed by atoms with E-state index in [1.165, 1.54) is 29.2 Å². The Morgan fingerprint density at radius 1 is 0.975 bits per heavy atom. The molecule has 2 aromatic rings. The first kappa shape index (κ1) is 32.9. The molecule has 0 aliphatic heterocycles. The summed E-state index contributed by atoms with van der Waals surface area (Å²) in [6.45, 7) is 1.07. The SMILES string of the molecule is NCCN(CCN)C(=O)CC[C@H](N)C(=O)N[C@@H](Cc1ccc(C(F)(F)F)cc1)C(=O)Cc1ccccc1B(O)O. The van der Waals surface area contributed by atoms with E-state index in [1.807, 2.05) is 0 Å². The van der Waals surface area contributed by atoms with Gasteiger partial charge in [-0.2, -0.15) is 13.2 Å². The van der Waals surface area contributed by atoms with Gasteiger partial charge in [-0.25, -0.2) is 0 Å². The second-order valence-electron chi connectivity index (χ2n) is 9.28. The van der Waals surface area contributed by atoms with Crippen LogP contribution in [0.5, 0.6) is 0 Å². The van der Waals surface area contributed by atoms with Crippen LogP contribution in [0.25, 0.3) is 0 Å². The quantitative estimate of drug-likeness (QED) is 0.150. The average molecular weight is 565 g/mol. The number of nitrogens with two attached hydrogens (primary N) is 3. The fourth-order valence-corrected chi connectivity index (χ4v) is 4.09. The Labute approximate surface area is 230 Å². The number of halogens is 3. The Morgan fingerprint density at radius 3 is 2.12 bits per heavy atom. The molecule has 0 aromatic heterocycles. The van der Waals surface area contributed by atoms with Crippen molar-refractivity contribution in [1.29, 1.82) is 0 Å². The molecule has 2 aromatic carbocycles. The van der Waals surface area contributed by atoms with E-state index in [0.29, 0.717) is 24.2 Å². The lowest BCUT2D eigenvalue weighted by Crippen LogP contribution is -2.50. The number of carbonyl (C=O) groups excluding carboxylic acids is 3. The maximum atomic E-state index is 13.3. The molecule has 0 radical (unpaired) electrons. The highest BCUT2D eigenvalue weighted by Gasteiger charge is 2.31. The van der Waals surface area contributed by atoms with E-state index in [-0.39, 0.29) is 50.1 Å². The molecule has 2 amide bonds. The molecule has 0 spiro atoms. The van der Waals surface area contributed by atoms with E-state index in [2.05, 4.69) is 5.32 Å². The molecule has 9 N–H and O–H groups in total. The third-order valence-corrected chi connectivity index (χ3v) is 6.28. The molecule has 2 rings (SSSR count). The maximum absolute atomic E-state index is 13.3. The zero-order valence-electron chi connectivity index (χ0n) is 21.9. The average Bonchev–Trinajstić information content (AvgIpc) is 2.90. The Hall–Kier alpha value is -3.30. The smallest absolute Gasteiger partial charge is 0.423 e. The van der Waals surface area contributed by atoms with Crippen molar-refractivity contribution in [2.45, 2.75) is 43.9 Å². The fourth-order valence-electron chi connectivity index (χ4n) is 4.09. The van der Waals surface area contributed by atoms with Gasteiger partial charge in [-0.3, -0.25) is 14.4 Å². The Kier molecular flexibility index (Phi) is 12.7. The second-order valence-corrected chi connectivity index (χ2v) is 9.28. The van der Waals surface area contributed by atoms with Crippen LogP contribution in [0.2, 0.25) is 0 Å². The number of carbonyl (C=O) groups is 3. The van der Waals surface area contributed by atoms with E-state index in [1.54, 1.807) is 12.1 Å². The van der Waals surface area contributed by atoms with Crippen molar-refractivity contribution in [2.24, 2.45) is 17.2 Å². The van der Waals surface area contributed by atoms with E-state index < -0.39 is 42.6 Å². The number of hydrogen-bond acceptors (Lipinski definition) is 8. The molecule has 0 aliphatic rings. The topological polar surface area (TPSA) is 185 Å². The van der Waals surface area contributed by atoms with Crippen LogP contribution in [0, 0.1) is 0 Å². The minimum atomic E-state index is -4.54. The van der Waals surface area contributed by atoms with Crippen LogP contribution in [0.4, 0.5) is 13.2 Å². The summed E-state index contributed by atoms with van der Waals surface area (Å²) in [5.41, 5.74) is 16.9. The van der Waals surface area contributed by atoms with Crippen LogP contribution in [-0.2, 0) is 33.4 Å². The molecule has 40 heavy (non-hydrogen) atoms. The van der Waals surface area contributed by atoms with E-state index in [4.69, 9.17) is 17.2 Å². The zero-order chi connectivity index (χ0) is 29.9. The first-order valence-electron chi connectivity index (χ1n) is 12.7.